The Morgan fingerprint density at radius 2 is 1.80 bits per heavy atom. The van der Waals surface area contributed by atoms with Crippen molar-refractivity contribution in [3.63, 3.8) is 0 Å². The van der Waals surface area contributed by atoms with Crippen LogP contribution in [-0.4, -0.2) is 31.4 Å². The normalized spacial score (nSPS) is 12.2. The maximum atomic E-state index is 12.3. The highest BCUT2D eigenvalue weighted by molar-refractivity contribution is 6.01. The minimum absolute atomic E-state index is 0.0507. The molecule has 1 N–H and O–H groups in total. The third kappa shape index (κ3) is 4.46. The van der Waals surface area contributed by atoms with E-state index in [0.717, 1.165) is 0 Å². The van der Waals surface area contributed by atoms with Crippen molar-refractivity contribution < 1.29 is 14.3 Å². The van der Waals surface area contributed by atoms with Crippen LogP contribution in [0.25, 0.3) is 0 Å². The number of carbonyl (C=O) groups is 2. The van der Waals surface area contributed by atoms with E-state index in [1.165, 1.54) is 5.56 Å². The molecule has 0 aromatic heterocycles. The van der Waals surface area contributed by atoms with Gasteiger partial charge in [0, 0.05) is 5.56 Å². The highest BCUT2D eigenvalue weighted by atomic mass is 16.5. The second-order valence-electron chi connectivity index (χ2n) is 4.99. The van der Waals surface area contributed by atoms with Crippen LogP contribution in [0.1, 0.15) is 49.0 Å². The van der Waals surface area contributed by atoms with Crippen molar-refractivity contribution in [3.8, 4) is 0 Å². The maximum absolute atomic E-state index is 12.3. The van der Waals surface area contributed by atoms with E-state index in [4.69, 9.17) is 4.74 Å². The minimum Gasteiger partial charge on any atom is -0.466 e. The van der Waals surface area contributed by atoms with Crippen LogP contribution in [0.5, 0.6) is 0 Å². The molecule has 0 saturated carbocycles. The van der Waals surface area contributed by atoms with E-state index in [1.54, 1.807) is 14.0 Å². The Morgan fingerprint density at radius 3 is 2.25 bits per heavy atom. The number of ether oxygens (including phenoxy) is 1. The van der Waals surface area contributed by atoms with Gasteiger partial charge in [0.05, 0.1) is 19.1 Å². The van der Waals surface area contributed by atoms with Crippen molar-refractivity contribution in [1.82, 2.24) is 5.32 Å². The maximum Gasteiger partial charge on any atom is 0.307 e. The molecule has 1 aromatic carbocycles. The van der Waals surface area contributed by atoms with Gasteiger partial charge in [-0.05, 0) is 25.5 Å². The van der Waals surface area contributed by atoms with Gasteiger partial charge in [0.2, 0.25) is 0 Å². The zero-order chi connectivity index (χ0) is 15.1. The molecule has 0 saturated heterocycles. The van der Waals surface area contributed by atoms with Gasteiger partial charge in [-0.1, -0.05) is 38.1 Å². The smallest absolute Gasteiger partial charge is 0.307 e. The zero-order valence-corrected chi connectivity index (χ0v) is 12.6. The number of hydrogen-bond donors (Lipinski definition) is 1. The summed E-state index contributed by atoms with van der Waals surface area (Å²) >= 11 is 0. The van der Waals surface area contributed by atoms with Crippen LogP contribution < -0.4 is 5.32 Å². The zero-order valence-electron chi connectivity index (χ0n) is 12.6. The molecular weight excluding hydrogens is 254 g/mol. The largest absolute Gasteiger partial charge is 0.466 e. The number of hydrogen-bond acceptors (Lipinski definition) is 4. The monoisotopic (exact) mass is 277 g/mol. The van der Waals surface area contributed by atoms with Crippen molar-refractivity contribution in [2.45, 2.75) is 39.2 Å². The molecule has 1 aromatic rings. The molecule has 1 unspecified atom stereocenters. The molecule has 0 fully saturated rings. The van der Waals surface area contributed by atoms with Crippen LogP contribution in [0.3, 0.4) is 0 Å². The highest BCUT2D eigenvalue weighted by Gasteiger charge is 2.22. The Bertz CT molecular complexity index is 451. The van der Waals surface area contributed by atoms with Crippen molar-refractivity contribution in [2.24, 2.45) is 0 Å². The first-order valence-electron chi connectivity index (χ1n) is 6.96. The van der Waals surface area contributed by atoms with Crippen molar-refractivity contribution in [3.05, 3.63) is 35.4 Å². The first kappa shape index (κ1) is 16.4. The molecule has 4 nitrogen and oxygen atoms in total. The first-order chi connectivity index (χ1) is 9.49. The highest BCUT2D eigenvalue weighted by Crippen LogP contribution is 2.16. The second kappa shape index (κ2) is 7.80. The molecule has 0 heterocycles. The van der Waals surface area contributed by atoms with E-state index in [2.05, 4.69) is 19.2 Å². The summed E-state index contributed by atoms with van der Waals surface area (Å²) in [5, 5.41) is 2.88. The first-order valence-corrected chi connectivity index (χ1v) is 6.96. The van der Waals surface area contributed by atoms with Crippen LogP contribution in [-0.2, 0) is 9.53 Å². The summed E-state index contributed by atoms with van der Waals surface area (Å²) in [5.41, 5.74) is 1.80. The summed E-state index contributed by atoms with van der Waals surface area (Å²) in [6, 6.07) is 6.99. The molecular formula is C16H23NO3. The van der Waals surface area contributed by atoms with Crippen molar-refractivity contribution in [1.29, 1.82) is 0 Å². The third-order valence-electron chi connectivity index (χ3n) is 3.20. The number of benzene rings is 1. The predicted molar refractivity (Wildman–Crippen MR) is 79.0 cm³/mol. The van der Waals surface area contributed by atoms with Gasteiger partial charge < -0.3 is 10.1 Å². The number of esters is 1. The van der Waals surface area contributed by atoms with Gasteiger partial charge in [0.1, 0.15) is 0 Å². The lowest BCUT2D eigenvalue weighted by Gasteiger charge is -2.14. The van der Waals surface area contributed by atoms with Gasteiger partial charge in [-0.2, -0.15) is 0 Å². The van der Waals surface area contributed by atoms with Crippen molar-refractivity contribution in [2.75, 3.05) is 13.7 Å². The fourth-order valence-corrected chi connectivity index (χ4v) is 1.95. The molecule has 0 radical (unpaired) electrons. The average Bonchev–Trinajstić information content (AvgIpc) is 2.44. The molecule has 0 aliphatic rings. The number of ketones is 1. The SMILES string of the molecule is CCOC(=O)CC(NC)C(=O)c1ccc(C(C)C)cc1. The van der Waals surface area contributed by atoms with E-state index in [9.17, 15) is 9.59 Å². The van der Waals surface area contributed by atoms with Gasteiger partial charge in [-0.25, -0.2) is 0 Å². The molecule has 0 bridgehead atoms. The van der Waals surface area contributed by atoms with Crippen LogP contribution in [0.2, 0.25) is 0 Å². The van der Waals surface area contributed by atoms with E-state index < -0.39 is 6.04 Å². The summed E-state index contributed by atoms with van der Waals surface area (Å²) in [6.45, 7) is 6.28. The number of nitrogens with one attached hydrogen (secondary N) is 1. The van der Waals surface area contributed by atoms with E-state index in [1.807, 2.05) is 24.3 Å². The standard InChI is InChI=1S/C16H23NO3/c1-5-20-15(18)10-14(17-4)16(19)13-8-6-12(7-9-13)11(2)3/h6-9,11,14,17H,5,10H2,1-4H3. The second-order valence-corrected chi connectivity index (χ2v) is 4.99. The van der Waals surface area contributed by atoms with Crippen LogP contribution >= 0.6 is 0 Å². The molecule has 0 aliphatic heterocycles. The molecule has 0 aliphatic carbocycles. The fourth-order valence-electron chi connectivity index (χ4n) is 1.95. The summed E-state index contributed by atoms with van der Waals surface area (Å²) in [6.07, 6.45) is 0.0507. The van der Waals surface area contributed by atoms with Gasteiger partial charge in [-0.15, -0.1) is 0 Å². The predicted octanol–water partition coefficient (Wildman–Crippen LogP) is 2.53. The Kier molecular flexibility index (Phi) is 6.39. The van der Waals surface area contributed by atoms with Crippen LogP contribution in [0.15, 0.2) is 24.3 Å². The molecule has 20 heavy (non-hydrogen) atoms. The number of Topliss-reactive ketones (excluding diaryl/α,β-unsaturated/α-hetero) is 1. The topological polar surface area (TPSA) is 55.4 Å². The van der Waals surface area contributed by atoms with Gasteiger partial charge in [0.25, 0.3) is 0 Å². The summed E-state index contributed by atoms with van der Waals surface area (Å²) in [5.74, 6) is -0.0198. The number of carbonyl (C=O) groups excluding carboxylic acids is 2. The van der Waals surface area contributed by atoms with Crippen LogP contribution in [0.4, 0.5) is 0 Å². The number of rotatable bonds is 7. The lowest BCUT2D eigenvalue weighted by molar-refractivity contribution is -0.143. The van der Waals surface area contributed by atoms with Gasteiger partial charge in [-0.3, -0.25) is 9.59 Å². The third-order valence-corrected chi connectivity index (χ3v) is 3.20. The Labute approximate surface area is 120 Å². The fraction of sp³-hybridized carbons (Fsp3) is 0.500. The van der Waals surface area contributed by atoms with Crippen LogP contribution in [0, 0.1) is 0 Å². The summed E-state index contributed by atoms with van der Waals surface area (Å²) in [4.78, 5) is 23.8. The summed E-state index contributed by atoms with van der Waals surface area (Å²) in [7, 11) is 1.67. The van der Waals surface area contributed by atoms with Crippen molar-refractivity contribution >= 4 is 11.8 Å². The Balaban J connectivity index is 2.77. The minimum atomic E-state index is -0.543. The molecule has 0 spiro atoms. The summed E-state index contributed by atoms with van der Waals surface area (Å²) < 4.78 is 4.88. The lowest BCUT2D eigenvalue weighted by Crippen LogP contribution is -2.36. The van der Waals surface area contributed by atoms with Gasteiger partial charge >= 0.3 is 5.97 Å². The quantitative estimate of drug-likeness (QED) is 0.614. The lowest BCUT2D eigenvalue weighted by atomic mass is 9.97. The van der Waals surface area contributed by atoms with E-state index in [-0.39, 0.29) is 18.2 Å². The van der Waals surface area contributed by atoms with E-state index in [0.29, 0.717) is 18.1 Å². The Hall–Kier alpha value is -1.68. The molecule has 0 amide bonds. The molecule has 110 valence electrons. The molecule has 1 rings (SSSR count). The number of likely N-dealkylation sites (N-methyl/N-ethyl adjacent to an activating group) is 1. The molecule has 1 atom stereocenters. The van der Waals surface area contributed by atoms with Gasteiger partial charge in [0.15, 0.2) is 5.78 Å². The average molecular weight is 277 g/mol. The van der Waals surface area contributed by atoms with E-state index >= 15 is 0 Å². The Morgan fingerprint density at radius 1 is 1.20 bits per heavy atom. The molecule has 4 heteroatoms.